The zero-order valence-electron chi connectivity index (χ0n) is 10.8. The Hall–Kier alpha value is -1.13. The Balaban J connectivity index is 1.78. The highest BCUT2D eigenvalue weighted by molar-refractivity contribution is 9.10. The Bertz CT molecular complexity index is 520. The van der Waals surface area contributed by atoms with E-state index in [1.807, 2.05) is 10.9 Å². The van der Waals surface area contributed by atoms with E-state index in [9.17, 15) is 0 Å². The molecular formula is C14H18BrN3. The molecule has 0 spiro atoms. The highest BCUT2D eigenvalue weighted by Gasteiger charge is 1.99. The molecule has 96 valence electrons. The number of aryl methyl sites for hydroxylation is 2. The summed E-state index contributed by atoms with van der Waals surface area (Å²) >= 11 is 3.59. The van der Waals surface area contributed by atoms with Gasteiger partial charge in [0.1, 0.15) is 0 Å². The molecule has 0 aliphatic carbocycles. The molecule has 18 heavy (non-hydrogen) atoms. The highest BCUT2D eigenvalue weighted by Crippen LogP contribution is 2.17. The Morgan fingerprint density at radius 2 is 2.11 bits per heavy atom. The van der Waals surface area contributed by atoms with Crippen molar-refractivity contribution in [3.05, 3.63) is 51.8 Å². The SMILES string of the molecule is Cc1ccc(CNCCn2cc(C)cn2)c(Br)c1. The van der Waals surface area contributed by atoms with Crippen molar-refractivity contribution in [2.75, 3.05) is 6.54 Å². The maximum atomic E-state index is 4.26. The molecule has 4 heteroatoms. The molecule has 0 bridgehead atoms. The summed E-state index contributed by atoms with van der Waals surface area (Å²) in [6, 6.07) is 6.44. The molecule has 1 heterocycles. The molecule has 3 nitrogen and oxygen atoms in total. The minimum Gasteiger partial charge on any atom is -0.311 e. The normalized spacial score (nSPS) is 10.8. The molecule has 2 rings (SSSR count). The summed E-state index contributed by atoms with van der Waals surface area (Å²) in [5.74, 6) is 0. The Morgan fingerprint density at radius 3 is 2.78 bits per heavy atom. The molecule has 0 radical (unpaired) electrons. The number of nitrogens with one attached hydrogen (secondary N) is 1. The van der Waals surface area contributed by atoms with E-state index in [-0.39, 0.29) is 0 Å². The van der Waals surface area contributed by atoms with E-state index in [2.05, 4.69) is 64.6 Å². The molecule has 0 saturated heterocycles. The van der Waals surface area contributed by atoms with Gasteiger partial charge in [-0.1, -0.05) is 28.1 Å². The maximum absolute atomic E-state index is 4.26. The first-order valence-electron chi connectivity index (χ1n) is 6.10. The summed E-state index contributed by atoms with van der Waals surface area (Å²) in [6.07, 6.45) is 3.94. The van der Waals surface area contributed by atoms with E-state index in [4.69, 9.17) is 0 Å². The van der Waals surface area contributed by atoms with Gasteiger partial charge in [-0.2, -0.15) is 5.10 Å². The fraction of sp³-hybridized carbons (Fsp3) is 0.357. The third-order valence-corrected chi connectivity index (χ3v) is 3.54. The summed E-state index contributed by atoms with van der Waals surface area (Å²) in [7, 11) is 0. The van der Waals surface area contributed by atoms with Crippen molar-refractivity contribution < 1.29 is 0 Å². The number of aromatic nitrogens is 2. The van der Waals surface area contributed by atoms with E-state index in [0.29, 0.717) is 0 Å². The molecule has 0 aliphatic heterocycles. The summed E-state index contributed by atoms with van der Waals surface area (Å²) in [5, 5.41) is 7.69. The fourth-order valence-electron chi connectivity index (χ4n) is 1.80. The largest absolute Gasteiger partial charge is 0.311 e. The second-order valence-corrected chi connectivity index (χ2v) is 5.41. The monoisotopic (exact) mass is 307 g/mol. The standard InChI is InChI=1S/C14H18BrN3/c1-11-3-4-13(14(15)7-11)9-16-5-6-18-10-12(2)8-17-18/h3-4,7-8,10,16H,5-6,9H2,1-2H3. The number of nitrogens with zero attached hydrogens (tertiary/aromatic N) is 2. The Labute approximate surface area is 116 Å². The van der Waals surface area contributed by atoms with Crippen LogP contribution in [-0.2, 0) is 13.1 Å². The number of hydrogen-bond acceptors (Lipinski definition) is 2. The summed E-state index contributed by atoms with van der Waals surface area (Å²) in [4.78, 5) is 0. The summed E-state index contributed by atoms with van der Waals surface area (Å²) < 4.78 is 3.14. The molecule has 0 aliphatic rings. The first-order valence-corrected chi connectivity index (χ1v) is 6.89. The molecule has 0 fully saturated rings. The maximum Gasteiger partial charge on any atom is 0.0534 e. The van der Waals surface area contributed by atoms with Gasteiger partial charge in [-0.05, 0) is 36.6 Å². The average molecular weight is 308 g/mol. The van der Waals surface area contributed by atoms with Gasteiger partial charge >= 0.3 is 0 Å². The predicted octanol–water partition coefficient (Wildman–Crippen LogP) is 3.05. The molecule has 0 unspecified atom stereocenters. The van der Waals surface area contributed by atoms with Gasteiger partial charge in [0.25, 0.3) is 0 Å². The lowest BCUT2D eigenvalue weighted by molar-refractivity contribution is 0.554. The van der Waals surface area contributed by atoms with Crippen molar-refractivity contribution in [3.8, 4) is 0 Å². The van der Waals surface area contributed by atoms with Crippen molar-refractivity contribution in [2.24, 2.45) is 0 Å². The molecule has 0 amide bonds. The van der Waals surface area contributed by atoms with Crippen molar-refractivity contribution in [1.29, 1.82) is 0 Å². The second kappa shape index (κ2) is 6.16. The third-order valence-electron chi connectivity index (χ3n) is 2.80. The lowest BCUT2D eigenvalue weighted by atomic mass is 10.1. The van der Waals surface area contributed by atoms with E-state index in [1.54, 1.807) is 0 Å². The molecule has 0 atom stereocenters. The second-order valence-electron chi connectivity index (χ2n) is 4.55. The highest BCUT2D eigenvalue weighted by atomic mass is 79.9. The van der Waals surface area contributed by atoms with E-state index >= 15 is 0 Å². The zero-order chi connectivity index (χ0) is 13.0. The van der Waals surface area contributed by atoms with Gasteiger partial charge in [-0.3, -0.25) is 4.68 Å². The van der Waals surface area contributed by atoms with Gasteiger partial charge in [0.15, 0.2) is 0 Å². The van der Waals surface area contributed by atoms with Crippen LogP contribution in [0.4, 0.5) is 0 Å². The van der Waals surface area contributed by atoms with E-state index < -0.39 is 0 Å². The van der Waals surface area contributed by atoms with Crippen LogP contribution >= 0.6 is 15.9 Å². The van der Waals surface area contributed by atoms with Crippen molar-refractivity contribution >= 4 is 15.9 Å². The smallest absolute Gasteiger partial charge is 0.0534 e. The molecular weight excluding hydrogens is 290 g/mol. The van der Waals surface area contributed by atoms with Crippen LogP contribution in [0.1, 0.15) is 16.7 Å². The van der Waals surface area contributed by atoms with Gasteiger partial charge in [0.2, 0.25) is 0 Å². The van der Waals surface area contributed by atoms with Gasteiger partial charge in [0, 0.05) is 23.8 Å². The first-order chi connectivity index (χ1) is 8.65. The number of rotatable bonds is 5. The Morgan fingerprint density at radius 1 is 1.28 bits per heavy atom. The molecule has 1 aromatic heterocycles. The summed E-state index contributed by atoms with van der Waals surface area (Å²) in [5.41, 5.74) is 3.77. The molecule has 0 saturated carbocycles. The van der Waals surface area contributed by atoms with Gasteiger partial charge < -0.3 is 5.32 Å². The summed E-state index contributed by atoms with van der Waals surface area (Å²) in [6.45, 7) is 6.85. The van der Waals surface area contributed by atoms with Gasteiger partial charge in [0.05, 0.1) is 12.7 Å². The van der Waals surface area contributed by atoms with E-state index in [1.165, 1.54) is 21.2 Å². The molecule has 1 aromatic carbocycles. The predicted molar refractivity (Wildman–Crippen MR) is 77.5 cm³/mol. The van der Waals surface area contributed by atoms with Crippen LogP contribution in [0.15, 0.2) is 35.1 Å². The zero-order valence-corrected chi connectivity index (χ0v) is 12.4. The van der Waals surface area contributed by atoms with Crippen LogP contribution in [0.25, 0.3) is 0 Å². The van der Waals surface area contributed by atoms with Gasteiger partial charge in [-0.25, -0.2) is 0 Å². The quantitative estimate of drug-likeness (QED) is 0.861. The lowest BCUT2D eigenvalue weighted by Crippen LogP contribution is -2.20. The van der Waals surface area contributed by atoms with Crippen LogP contribution in [0, 0.1) is 13.8 Å². The van der Waals surface area contributed by atoms with Crippen LogP contribution in [-0.4, -0.2) is 16.3 Å². The minimum atomic E-state index is 0.876. The van der Waals surface area contributed by atoms with Crippen LogP contribution in [0.5, 0.6) is 0 Å². The minimum absolute atomic E-state index is 0.876. The topological polar surface area (TPSA) is 29.9 Å². The fourth-order valence-corrected chi connectivity index (χ4v) is 2.44. The van der Waals surface area contributed by atoms with Gasteiger partial charge in [-0.15, -0.1) is 0 Å². The lowest BCUT2D eigenvalue weighted by Gasteiger charge is -2.07. The van der Waals surface area contributed by atoms with Crippen LogP contribution in [0.2, 0.25) is 0 Å². The van der Waals surface area contributed by atoms with Crippen LogP contribution in [0.3, 0.4) is 0 Å². The molecule has 2 aromatic rings. The number of halogens is 1. The number of hydrogen-bond donors (Lipinski definition) is 1. The van der Waals surface area contributed by atoms with Crippen molar-refractivity contribution in [2.45, 2.75) is 26.9 Å². The van der Waals surface area contributed by atoms with Crippen molar-refractivity contribution in [3.63, 3.8) is 0 Å². The third kappa shape index (κ3) is 3.68. The molecule has 1 N–H and O–H groups in total. The Kier molecular flexibility index (Phi) is 4.55. The average Bonchev–Trinajstić information content (AvgIpc) is 2.73. The van der Waals surface area contributed by atoms with E-state index in [0.717, 1.165) is 19.6 Å². The van der Waals surface area contributed by atoms with Crippen molar-refractivity contribution in [1.82, 2.24) is 15.1 Å². The van der Waals surface area contributed by atoms with Crippen LogP contribution < -0.4 is 5.32 Å². The first kappa shape index (κ1) is 13.3. The number of benzene rings is 1.